The van der Waals surface area contributed by atoms with Gasteiger partial charge in [-0.25, -0.2) is 9.37 Å². The molecule has 0 fully saturated rings. The molecule has 146 valence electrons. The topological polar surface area (TPSA) is 59.8 Å². The minimum absolute atomic E-state index is 0.0693. The van der Waals surface area contributed by atoms with Gasteiger partial charge in [0.25, 0.3) is 5.56 Å². The fourth-order valence-electron chi connectivity index (χ4n) is 3.12. The summed E-state index contributed by atoms with van der Waals surface area (Å²) in [4.78, 5) is 21.4. The largest absolute Gasteiger partial charge is 0.348 e. The Morgan fingerprint density at radius 3 is 2.62 bits per heavy atom. The Bertz CT molecular complexity index is 1220. The van der Waals surface area contributed by atoms with Gasteiger partial charge in [-0.2, -0.15) is 4.98 Å². The Labute approximate surface area is 171 Å². The van der Waals surface area contributed by atoms with E-state index in [1.165, 1.54) is 16.7 Å². The molecule has 0 radical (unpaired) electrons. The van der Waals surface area contributed by atoms with Crippen LogP contribution in [0, 0.1) is 5.82 Å². The summed E-state index contributed by atoms with van der Waals surface area (Å²) in [6, 6.07) is 16.9. The summed E-state index contributed by atoms with van der Waals surface area (Å²) in [5.41, 5.74) is 1.64. The normalized spacial score (nSPS) is 12.1. The molecule has 2 heterocycles. The fourth-order valence-corrected chi connectivity index (χ4v) is 3.25. The Kier molecular flexibility index (Phi) is 5.27. The molecule has 2 aromatic carbocycles. The van der Waals surface area contributed by atoms with Crippen molar-refractivity contribution in [1.29, 1.82) is 0 Å². The number of nitrogens with one attached hydrogen (secondary N) is 1. The van der Waals surface area contributed by atoms with E-state index in [0.717, 1.165) is 5.56 Å². The molecule has 4 rings (SSSR count). The summed E-state index contributed by atoms with van der Waals surface area (Å²) in [7, 11) is 0. The zero-order valence-corrected chi connectivity index (χ0v) is 16.4. The van der Waals surface area contributed by atoms with E-state index in [2.05, 4.69) is 15.3 Å². The number of nitrogens with zero attached hydrogens (tertiary/aromatic N) is 3. The number of aromatic nitrogens is 3. The van der Waals surface area contributed by atoms with Gasteiger partial charge in [0.05, 0.1) is 12.6 Å². The third-order valence-electron chi connectivity index (χ3n) is 4.72. The number of benzene rings is 2. The van der Waals surface area contributed by atoms with Crippen molar-refractivity contribution in [3.63, 3.8) is 0 Å². The Hall–Kier alpha value is -3.25. The highest BCUT2D eigenvalue weighted by atomic mass is 35.5. The standard InChI is InChI=1S/C22H18ClFN4O/c1-14(15-6-9-18(23)10-7-15)26-22-25-12-16-8-11-20(29)28(21(16)27-22)13-17-4-2-3-5-19(17)24/h2-12,14H,13H2,1H3,(H,25,26,27). The van der Waals surface area contributed by atoms with Crippen LogP contribution in [0.2, 0.25) is 5.02 Å². The Morgan fingerprint density at radius 1 is 1.10 bits per heavy atom. The van der Waals surface area contributed by atoms with Crippen molar-refractivity contribution in [3.8, 4) is 0 Å². The summed E-state index contributed by atoms with van der Waals surface area (Å²) in [6.45, 7) is 2.07. The van der Waals surface area contributed by atoms with Crippen LogP contribution in [0.5, 0.6) is 0 Å². The van der Waals surface area contributed by atoms with E-state index in [1.54, 1.807) is 30.5 Å². The van der Waals surface area contributed by atoms with Crippen molar-refractivity contribution in [2.45, 2.75) is 19.5 Å². The second-order valence-corrected chi connectivity index (χ2v) is 7.18. The lowest BCUT2D eigenvalue weighted by Gasteiger charge is -2.15. The zero-order chi connectivity index (χ0) is 20.4. The predicted octanol–water partition coefficient (Wildman–Crippen LogP) is 4.81. The number of rotatable bonds is 5. The van der Waals surface area contributed by atoms with Gasteiger partial charge >= 0.3 is 0 Å². The SMILES string of the molecule is CC(Nc1ncc2ccc(=O)n(Cc3ccccc3F)c2n1)c1ccc(Cl)cc1. The summed E-state index contributed by atoms with van der Waals surface area (Å²) >= 11 is 5.95. The molecule has 5 nitrogen and oxygen atoms in total. The zero-order valence-electron chi connectivity index (χ0n) is 15.6. The molecule has 0 spiro atoms. The third kappa shape index (κ3) is 4.12. The van der Waals surface area contributed by atoms with Crippen molar-refractivity contribution in [2.24, 2.45) is 0 Å². The first kappa shape index (κ1) is 19.1. The molecular weight excluding hydrogens is 391 g/mol. The van der Waals surface area contributed by atoms with E-state index >= 15 is 0 Å². The first-order valence-electron chi connectivity index (χ1n) is 9.13. The molecule has 0 bridgehead atoms. The van der Waals surface area contributed by atoms with Crippen LogP contribution in [0.15, 0.2) is 71.7 Å². The van der Waals surface area contributed by atoms with Crippen LogP contribution < -0.4 is 10.9 Å². The first-order valence-corrected chi connectivity index (χ1v) is 9.51. The lowest BCUT2D eigenvalue weighted by Crippen LogP contribution is -2.22. The maximum atomic E-state index is 14.1. The maximum Gasteiger partial charge on any atom is 0.252 e. The van der Waals surface area contributed by atoms with Gasteiger partial charge in [0.2, 0.25) is 5.95 Å². The van der Waals surface area contributed by atoms with Gasteiger partial charge in [0.1, 0.15) is 11.5 Å². The van der Waals surface area contributed by atoms with Gasteiger partial charge in [0.15, 0.2) is 0 Å². The van der Waals surface area contributed by atoms with Crippen LogP contribution in [-0.4, -0.2) is 14.5 Å². The molecule has 0 aliphatic heterocycles. The van der Waals surface area contributed by atoms with Crippen LogP contribution in [0.3, 0.4) is 0 Å². The number of hydrogen-bond acceptors (Lipinski definition) is 4. The predicted molar refractivity (Wildman–Crippen MR) is 113 cm³/mol. The Balaban J connectivity index is 1.70. The van der Waals surface area contributed by atoms with Gasteiger partial charge in [0, 0.05) is 28.2 Å². The summed E-state index contributed by atoms with van der Waals surface area (Å²) in [6.07, 6.45) is 1.65. The number of pyridine rings is 1. The molecular formula is C22H18ClFN4O. The van der Waals surface area contributed by atoms with Gasteiger partial charge in [-0.1, -0.05) is 41.9 Å². The highest BCUT2D eigenvalue weighted by molar-refractivity contribution is 6.30. The second kappa shape index (κ2) is 8.01. The van der Waals surface area contributed by atoms with E-state index in [9.17, 15) is 9.18 Å². The monoisotopic (exact) mass is 408 g/mol. The molecule has 1 unspecified atom stereocenters. The molecule has 1 atom stereocenters. The minimum Gasteiger partial charge on any atom is -0.348 e. The number of halogens is 2. The van der Waals surface area contributed by atoms with E-state index in [-0.39, 0.29) is 24.0 Å². The summed E-state index contributed by atoms with van der Waals surface area (Å²) in [5, 5.41) is 4.60. The van der Waals surface area contributed by atoms with E-state index in [1.807, 2.05) is 31.2 Å². The molecule has 0 amide bonds. The summed E-state index contributed by atoms with van der Waals surface area (Å²) in [5.74, 6) is 0.0213. The number of anilines is 1. The minimum atomic E-state index is -0.361. The lowest BCUT2D eigenvalue weighted by molar-refractivity contribution is 0.599. The summed E-state index contributed by atoms with van der Waals surface area (Å²) < 4.78 is 15.6. The quantitative estimate of drug-likeness (QED) is 0.515. The van der Waals surface area contributed by atoms with E-state index in [4.69, 9.17) is 11.6 Å². The van der Waals surface area contributed by atoms with E-state index in [0.29, 0.717) is 27.6 Å². The number of hydrogen-bond donors (Lipinski definition) is 1. The molecule has 1 N–H and O–H groups in total. The van der Waals surface area contributed by atoms with Crippen molar-refractivity contribution in [3.05, 3.63) is 99.2 Å². The van der Waals surface area contributed by atoms with Gasteiger partial charge < -0.3 is 5.32 Å². The molecule has 0 saturated heterocycles. The number of fused-ring (bicyclic) bond motifs is 1. The average Bonchev–Trinajstić information content (AvgIpc) is 2.72. The van der Waals surface area contributed by atoms with Crippen LogP contribution in [-0.2, 0) is 6.54 Å². The van der Waals surface area contributed by atoms with Gasteiger partial charge in [-0.15, -0.1) is 0 Å². The van der Waals surface area contributed by atoms with E-state index < -0.39 is 0 Å². The second-order valence-electron chi connectivity index (χ2n) is 6.74. The molecule has 0 aliphatic carbocycles. The van der Waals surface area contributed by atoms with Crippen molar-refractivity contribution >= 4 is 28.6 Å². The molecule has 29 heavy (non-hydrogen) atoms. The molecule has 4 aromatic rings. The fraction of sp³-hybridized carbons (Fsp3) is 0.136. The van der Waals surface area contributed by atoms with Crippen LogP contribution in [0.1, 0.15) is 24.1 Å². The smallest absolute Gasteiger partial charge is 0.252 e. The van der Waals surface area contributed by atoms with Gasteiger partial charge in [-0.3, -0.25) is 9.36 Å². The lowest BCUT2D eigenvalue weighted by atomic mass is 10.1. The molecule has 2 aromatic heterocycles. The van der Waals surface area contributed by atoms with Crippen LogP contribution in [0.25, 0.3) is 11.0 Å². The average molecular weight is 409 g/mol. The van der Waals surface area contributed by atoms with Crippen LogP contribution in [0.4, 0.5) is 10.3 Å². The molecule has 0 aliphatic rings. The highest BCUT2D eigenvalue weighted by Crippen LogP contribution is 2.20. The van der Waals surface area contributed by atoms with Crippen LogP contribution >= 0.6 is 11.6 Å². The van der Waals surface area contributed by atoms with Gasteiger partial charge in [-0.05, 0) is 36.8 Å². The van der Waals surface area contributed by atoms with Crippen molar-refractivity contribution in [1.82, 2.24) is 14.5 Å². The third-order valence-corrected chi connectivity index (χ3v) is 4.98. The van der Waals surface area contributed by atoms with Crippen molar-refractivity contribution < 1.29 is 4.39 Å². The Morgan fingerprint density at radius 2 is 1.86 bits per heavy atom. The molecule has 7 heteroatoms. The molecule has 0 saturated carbocycles. The maximum absolute atomic E-state index is 14.1. The van der Waals surface area contributed by atoms with Crippen molar-refractivity contribution in [2.75, 3.05) is 5.32 Å². The first-order chi connectivity index (χ1) is 14.0. The highest BCUT2D eigenvalue weighted by Gasteiger charge is 2.12.